The van der Waals surface area contributed by atoms with Crippen molar-refractivity contribution >= 4 is 5.91 Å². The predicted octanol–water partition coefficient (Wildman–Crippen LogP) is 3.45. The van der Waals surface area contributed by atoms with E-state index in [2.05, 4.69) is 27.4 Å². The molecule has 1 aliphatic heterocycles. The van der Waals surface area contributed by atoms with Crippen molar-refractivity contribution in [3.8, 4) is 11.4 Å². The van der Waals surface area contributed by atoms with Gasteiger partial charge in [-0.1, -0.05) is 48.5 Å². The molecule has 0 aliphatic carbocycles. The molecule has 0 bridgehead atoms. The number of rotatable bonds is 7. The fourth-order valence-corrected chi connectivity index (χ4v) is 3.84. The Morgan fingerprint density at radius 3 is 2.38 bits per heavy atom. The van der Waals surface area contributed by atoms with Crippen LogP contribution in [0.5, 0.6) is 5.75 Å². The van der Waals surface area contributed by atoms with Crippen molar-refractivity contribution in [2.24, 2.45) is 0 Å². The van der Waals surface area contributed by atoms with Crippen molar-refractivity contribution in [3.05, 3.63) is 78.1 Å². The number of benzene rings is 2. The highest BCUT2D eigenvalue weighted by Gasteiger charge is 2.25. The molecule has 1 unspecified atom stereocenters. The Bertz CT molecular complexity index is 934. The minimum Gasteiger partial charge on any atom is -0.493 e. The van der Waals surface area contributed by atoms with Crippen LogP contribution in [0.1, 0.15) is 34.9 Å². The Labute approximate surface area is 171 Å². The van der Waals surface area contributed by atoms with Gasteiger partial charge in [-0.2, -0.15) is 5.10 Å². The maximum absolute atomic E-state index is 12.9. The van der Waals surface area contributed by atoms with E-state index in [4.69, 9.17) is 4.74 Å². The zero-order valence-corrected chi connectivity index (χ0v) is 16.6. The number of nitrogens with one attached hydrogen (secondary N) is 1. The molecule has 1 N–H and O–H groups in total. The molecule has 2 heterocycles. The SMILES string of the molecule is COc1cn(-c2ccccc2)nc1C(=O)NCC(c1ccccc1)N1CCCC1. The van der Waals surface area contributed by atoms with Crippen molar-refractivity contribution in [3.63, 3.8) is 0 Å². The second kappa shape index (κ2) is 8.92. The Kier molecular flexibility index (Phi) is 5.91. The van der Waals surface area contributed by atoms with Crippen molar-refractivity contribution < 1.29 is 9.53 Å². The smallest absolute Gasteiger partial charge is 0.275 e. The van der Waals surface area contributed by atoms with Gasteiger partial charge in [-0.15, -0.1) is 0 Å². The molecule has 6 heteroatoms. The standard InChI is InChI=1S/C23H26N4O2/c1-29-21-17-27(19-12-6-3-7-13-19)25-22(21)23(28)24-16-20(26-14-8-9-15-26)18-10-4-2-5-11-18/h2-7,10-13,17,20H,8-9,14-16H2,1H3,(H,24,28). The third-order valence-electron chi connectivity index (χ3n) is 5.36. The summed E-state index contributed by atoms with van der Waals surface area (Å²) in [6.45, 7) is 2.65. The van der Waals surface area contributed by atoms with E-state index in [0.29, 0.717) is 18.0 Å². The Hall–Kier alpha value is -3.12. The maximum atomic E-state index is 12.9. The summed E-state index contributed by atoms with van der Waals surface area (Å²) in [4.78, 5) is 15.4. The molecule has 0 saturated carbocycles. The second-order valence-electron chi connectivity index (χ2n) is 7.21. The molecule has 6 nitrogen and oxygen atoms in total. The van der Waals surface area contributed by atoms with E-state index in [1.807, 2.05) is 48.5 Å². The average molecular weight is 390 g/mol. The molecule has 1 saturated heterocycles. The van der Waals surface area contributed by atoms with Crippen LogP contribution < -0.4 is 10.1 Å². The van der Waals surface area contributed by atoms with Crippen LogP contribution in [0.2, 0.25) is 0 Å². The van der Waals surface area contributed by atoms with Gasteiger partial charge in [0.05, 0.1) is 25.0 Å². The summed E-state index contributed by atoms with van der Waals surface area (Å²) in [6, 6.07) is 20.2. The average Bonchev–Trinajstić information content (AvgIpc) is 3.45. The molecule has 4 rings (SSSR count). The lowest BCUT2D eigenvalue weighted by molar-refractivity contribution is 0.0929. The van der Waals surface area contributed by atoms with Gasteiger partial charge in [0.1, 0.15) is 0 Å². The summed E-state index contributed by atoms with van der Waals surface area (Å²) in [5.74, 6) is 0.237. The zero-order chi connectivity index (χ0) is 20.1. The topological polar surface area (TPSA) is 59.4 Å². The number of ether oxygens (including phenoxy) is 1. The lowest BCUT2D eigenvalue weighted by Gasteiger charge is -2.28. The van der Waals surface area contributed by atoms with Crippen molar-refractivity contribution in [2.45, 2.75) is 18.9 Å². The summed E-state index contributed by atoms with van der Waals surface area (Å²) in [6.07, 6.45) is 4.14. The van der Waals surface area contributed by atoms with Crippen LogP contribution in [0, 0.1) is 0 Å². The summed E-state index contributed by atoms with van der Waals surface area (Å²) in [7, 11) is 1.56. The van der Waals surface area contributed by atoms with E-state index >= 15 is 0 Å². The minimum absolute atomic E-state index is 0.157. The molecule has 1 atom stereocenters. The summed E-state index contributed by atoms with van der Waals surface area (Å²) >= 11 is 0. The second-order valence-corrected chi connectivity index (χ2v) is 7.21. The lowest BCUT2D eigenvalue weighted by Crippen LogP contribution is -2.37. The van der Waals surface area contributed by atoms with Crippen LogP contribution >= 0.6 is 0 Å². The molecule has 0 radical (unpaired) electrons. The first-order valence-corrected chi connectivity index (χ1v) is 10.0. The van der Waals surface area contributed by atoms with Crippen LogP contribution in [-0.2, 0) is 0 Å². The first-order valence-electron chi connectivity index (χ1n) is 10.0. The van der Waals surface area contributed by atoms with Gasteiger partial charge in [0.15, 0.2) is 11.4 Å². The van der Waals surface area contributed by atoms with Gasteiger partial charge in [-0.3, -0.25) is 9.69 Å². The van der Waals surface area contributed by atoms with Crippen LogP contribution in [0.4, 0.5) is 0 Å². The van der Waals surface area contributed by atoms with E-state index in [-0.39, 0.29) is 11.9 Å². The number of hydrogen-bond donors (Lipinski definition) is 1. The fourth-order valence-electron chi connectivity index (χ4n) is 3.84. The van der Waals surface area contributed by atoms with E-state index < -0.39 is 0 Å². The number of carbonyl (C=O) groups is 1. The summed E-state index contributed by atoms with van der Waals surface area (Å²) < 4.78 is 7.07. The predicted molar refractivity (Wildman–Crippen MR) is 112 cm³/mol. The molecule has 1 amide bonds. The maximum Gasteiger partial charge on any atom is 0.275 e. The number of hydrogen-bond acceptors (Lipinski definition) is 4. The Balaban J connectivity index is 1.51. The molecule has 0 spiro atoms. The van der Waals surface area contributed by atoms with E-state index in [9.17, 15) is 4.79 Å². The normalized spacial score (nSPS) is 15.2. The summed E-state index contributed by atoms with van der Waals surface area (Å²) in [5.41, 5.74) is 2.39. The molecule has 1 aromatic heterocycles. The van der Waals surface area contributed by atoms with Crippen molar-refractivity contribution in [1.29, 1.82) is 0 Å². The van der Waals surface area contributed by atoms with E-state index in [1.165, 1.54) is 18.4 Å². The van der Waals surface area contributed by atoms with Gasteiger partial charge in [0, 0.05) is 6.54 Å². The lowest BCUT2D eigenvalue weighted by atomic mass is 10.1. The monoisotopic (exact) mass is 390 g/mol. The third-order valence-corrected chi connectivity index (χ3v) is 5.36. The number of methoxy groups -OCH3 is 1. The Morgan fingerprint density at radius 1 is 1.07 bits per heavy atom. The van der Waals surface area contributed by atoms with Crippen molar-refractivity contribution in [2.75, 3.05) is 26.7 Å². The fraction of sp³-hybridized carbons (Fsp3) is 0.304. The number of carbonyl (C=O) groups excluding carboxylic acids is 1. The number of aromatic nitrogens is 2. The number of amides is 1. The van der Waals surface area contributed by atoms with E-state index in [1.54, 1.807) is 18.0 Å². The number of nitrogens with zero attached hydrogens (tertiary/aromatic N) is 3. The first-order chi connectivity index (χ1) is 14.3. The van der Waals surface area contributed by atoms with Gasteiger partial charge in [0.2, 0.25) is 0 Å². The minimum atomic E-state index is -0.225. The highest BCUT2D eigenvalue weighted by molar-refractivity contribution is 5.95. The van der Waals surface area contributed by atoms with Crippen molar-refractivity contribution in [1.82, 2.24) is 20.0 Å². The molecule has 1 aliphatic rings. The van der Waals surface area contributed by atoms with Gasteiger partial charge < -0.3 is 10.1 Å². The highest BCUT2D eigenvalue weighted by Crippen LogP contribution is 2.25. The molecule has 2 aromatic carbocycles. The molecular weight excluding hydrogens is 364 g/mol. The molecule has 29 heavy (non-hydrogen) atoms. The summed E-state index contributed by atoms with van der Waals surface area (Å²) in [5, 5.41) is 7.54. The van der Waals surface area contributed by atoms with Crippen LogP contribution in [-0.4, -0.2) is 47.3 Å². The molecule has 3 aromatic rings. The van der Waals surface area contributed by atoms with Crippen LogP contribution in [0.15, 0.2) is 66.9 Å². The third kappa shape index (κ3) is 4.32. The van der Waals surface area contributed by atoms with Crippen LogP contribution in [0.25, 0.3) is 5.69 Å². The zero-order valence-electron chi connectivity index (χ0n) is 16.6. The first kappa shape index (κ1) is 19.2. The van der Waals surface area contributed by atoms with Gasteiger partial charge >= 0.3 is 0 Å². The molecular formula is C23H26N4O2. The van der Waals surface area contributed by atoms with Gasteiger partial charge in [-0.05, 0) is 43.6 Å². The molecule has 1 fully saturated rings. The molecule has 150 valence electrons. The van der Waals surface area contributed by atoms with Gasteiger partial charge in [-0.25, -0.2) is 4.68 Å². The number of likely N-dealkylation sites (tertiary alicyclic amines) is 1. The largest absolute Gasteiger partial charge is 0.493 e. The quantitative estimate of drug-likeness (QED) is 0.671. The van der Waals surface area contributed by atoms with E-state index in [0.717, 1.165) is 18.8 Å². The number of para-hydroxylation sites is 1. The van der Waals surface area contributed by atoms with Crippen LogP contribution in [0.3, 0.4) is 0 Å². The Morgan fingerprint density at radius 2 is 1.72 bits per heavy atom. The van der Waals surface area contributed by atoms with Gasteiger partial charge in [0.25, 0.3) is 5.91 Å². The highest BCUT2D eigenvalue weighted by atomic mass is 16.5.